The lowest BCUT2D eigenvalue weighted by atomic mass is 9.99. The zero-order chi connectivity index (χ0) is 14.2. The minimum absolute atomic E-state index is 0.538. The lowest BCUT2D eigenvalue weighted by Gasteiger charge is -2.09. The predicted octanol–water partition coefficient (Wildman–Crippen LogP) is 4.24. The van der Waals surface area contributed by atoms with Crippen LogP contribution in [0.4, 0.5) is 0 Å². The monoisotopic (exact) mass is 255 g/mol. The van der Waals surface area contributed by atoms with Crippen LogP contribution in [0.25, 0.3) is 11.3 Å². The molecule has 0 fully saturated rings. The highest BCUT2D eigenvalue weighted by Gasteiger charge is 2.15. The predicted molar refractivity (Wildman–Crippen MR) is 79.8 cm³/mol. The van der Waals surface area contributed by atoms with Gasteiger partial charge in [-0.2, -0.15) is 0 Å². The van der Waals surface area contributed by atoms with Gasteiger partial charge in [0.25, 0.3) is 0 Å². The summed E-state index contributed by atoms with van der Waals surface area (Å²) in [6.07, 6.45) is 0.955. The van der Waals surface area contributed by atoms with Crippen LogP contribution in [0.1, 0.15) is 46.9 Å². The minimum Gasteiger partial charge on any atom is -0.347 e. The molecule has 0 atom stereocenters. The quantitative estimate of drug-likeness (QED) is 0.752. The molecule has 0 amide bonds. The van der Waals surface area contributed by atoms with Gasteiger partial charge in [0.1, 0.15) is 0 Å². The van der Waals surface area contributed by atoms with E-state index in [0.29, 0.717) is 5.92 Å². The number of carbonyl (C=O) groups excluding carboxylic acids is 1. The third-order valence-corrected chi connectivity index (χ3v) is 3.96. The summed E-state index contributed by atoms with van der Waals surface area (Å²) in [5.74, 6) is 0.538. The fraction of sp³-hybridized carbons (Fsp3) is 0.353. The Labute approximate surface area is 115 Å². The number of hydrogen-bond acceptors (Lipinski definition) is 1. The highest BCUT2D eigenvalue weighted by molar-refractivity contribution is 5.84. The van der Waals surface area contributed by atoms with Gasteiger partial charge in [-0.3, -0.25) is 4.79 Å². The SMILES string of the molecule is Cc1c(C=O)c(C)n(C)c1-c1ccc(C(C)C)cc1. The first kappa shape index (κ1) is 13.6. The van der Waals surface area contributed by atoms with Crippen molar-refractivity contribution in [3.63, 3.8) is 0 Å². The van der Waals surface area contributed by atoms with E-state index in [-0.39, 0.29) is 0 Å². The van der Waals surface area contributed by atoms with Crippen LogP contribution in [-0.4, -0.2) is 10.9 Å². The molecule has 0 spiro atoms. The van der Waals surface area contributed by atoms with E-state index in [9.17, 15) is 4.79 Å². The summed E-state index contributed by atoms with van der Waals surface area (Å²) in [4.78, 5) is 11.2. The van der Waals surface area contributed by atoms with E-state index in [0.717, 1.165) is 28.8 Å². The van der Waals surface area contributed by atoms with Gasteiger partial charge in [-0.25, -0.2) is 0 Å². The second-order valence-corrected chi connectivity index (χ2v) is 5.43. The Kier molecular flexibility index (Phi) is 3.61. The number of benzene rings is 1. The van der Waals surface area contributed by atoms with Crippen molar-refractivity contribution in [1.29, 1.82) is 0 Å². The number of hydrogen-bond donors (Lipinski definition) is 0. The molecule has 1 heterocycles. The maximum absolute atomic E-state index is 11.2. The van der Waals surface area contributed by atoms with Crippen LogP contribution < -0.4 is 0 Å². The number of nitrogens with zero attached hydrogens (tertiary/aromatic N) is 1. The Hall–Kier alpha value is -1.83. The Bertz CT molecular complexity index is 603. The largest absolute Gasteiger partial charge is 0.347 e. The van der Waals surface area contributed by atoms with Crippen molar-refractivity contribution in [3.8, 4) is 11.3 Å². The zero-order valence-electron chi connectivity index (χ0n) is 12.3. The van der Waals surface area contributed by atoms with Gasteiger partial charge < -0.3 is 4.57 Å². The Balaban J connectivity index is 2.56. The molecule has 0 aliphatic rings. The van der Waals surface area contributed by atoms with Gasteiger partial charge in [-0.15, -0.1) is 0 Å². The van der Waals surface area contributed by atoms with Crippen LogP contribution in [0.2, 0.25) is 0 Å². The van der Waals surface area contributed by atoms with E-state index in [1.165, 1.54) is 11.1 Å². The first-order valence-electron chi connectivity index (χ1n) is 6.68. The van der Waals surface area contributed by atoms with Gasteiger partial charge in [0.15, 0.2) is 6.29 Å². The fourth-order valence-electron chi connectivity index (χ4n) is 2.61. The summed E-state index contributed by atoms with van der Waals surface area (Å²) >= 11 is 0. The Morgan fingerprint density at radius 1 is 1.11 bits per heavy atom. The molecule has 100 valence electrons. The van der Waals surface area contributed by atoms with Crippen LogP contribution in [0.5, 0.6) is 0 Å². The highest BCUT2D eigenvalue weighted by atomic mass is 16.1. The summed E-state index contributed by atoms with van der Waals surface area (Å²) in [5.41, 5.74) is 6.53. The minimum atomic E-state index is 0.538. The molecule has 0 N–H and O–H groups in total. The Morgan fingerprint density at radius 3 is 2.11 bits per heavy atom. The summed E-state index contributed by atoms with van der Waals surface area (Å²) in [6.45, 7) is 8.39. The number of aromatic nitrogens is 1. The van der Waals surface area contributed by atoms with Gasteiger partial charge in [0.2, 0.25) is 0 Å². The number of rotatable bonds is 3. The molecule has 2 rings (SSSR count). The van der Waals surface area contributed by atoms with Crippen LogP contribution in [0.15, 0.2) is 24.3 Å². The van der Waals surface area contributed by atoms with E-state index >= 15 is 0 Å². The maximum atomic E-state index is 11.2. The molecule has 1 aromatic carbocycles. The van der Waals surface area contributed by atoms with Crippen LogP contribution in [0.3, 0.4) is 0 Å². The van der Waals surface area contributed by atoms with Crippen molar-refractivity contribution in [2.75, 3.05) is 0 Å². The summed E-state index contributed by atoms with van der Waals surface area (Å²) in [6, 6.07) is 8.63. The van der Waals surface area contributed by atoms with Crippen LogP contribution in [-0.2, 0) is 7.05 Å². The molecule has 2 heteroatoms. The molecule has 0 saturated heterocycles. The van der Waals surface area contributed by atoms with E-state index in [2.05, 4.69) is 42.7 Å². The fourth-order valence-corrected chi connectivity index (χ4v) is 2.61. The van der Waals surface area contributed by atoms with Crippen molar-refractivity contribution in [2.24, 2.45) is 7.05 Å². The van der Waals surface area contributed by atoms with Crippen molar-refractivity contribution in [3.05, 3.63) is 46.6 Å². The second kappa shape index (κ2) is 5.04. The third kappa shape index (κ3) is 2.23. The van der Waals surface area contributed by atoms with Gasteiger partial charge in [-0.05, 0) is 36.5 Å². The number of carbonyl (C=O) groups is 1. The molecule has 0 unspecified atom stereocenters. The summed E-state index contributed by atoms with van der Waals surface area (Å²) in [5, 5.41) is 0. The van der Waals surface area contributed by atoms with Crippen LogP contribution >= 0.6 is 0 Å². The standard InChI is InChI=1S/C17H21NO/c1-11(2)14-6-8-15(9-7-14)17-12(3)16(10-19)13(4)18(17)5/h6-11H,1-5H3. The highest BCUT2D eigenvalue weighted by Crippen LogP contribution is 2.30. The molecule has 0 aliphatic carbocycles. The molecule has 19 heavy (non-hydrogen) atoms. The van der Waals surface area contributed by atoms with E-state index in [1.54, 1.807) is 0 Å². The number of aldehydes is 1. The first-order chi connectivity index (χ1) is 8.97. The lowest BCUT2D eigenvalue weighted by Crippen LogP contribution is -1.95. The molecule has 2 aromatic rings. The molecule has 0 bridgehead atoms. The summed E-state index contributed by atoms with van der Waals surface area (Å²) < 4.78 is 2.10. The van der Waals surface area contributed by atoms with Gasteiger partial charge >= 0.3 is 0 Å². The smallest absolute Gasteiger partial charge is 0.152 e. The molecule has 0 radical (unpaired) electrons. The molecule has 0 aliphatic heterocycles. The molecular weight excluding hydrogens is 234 g/mol. The van der Waals surface area contributed by atoms with Crippen molar-refractivity contribution in [2.45, 2.75) is 33.6 Å². The van der Waals surface area contributed by atoms with Crippen LogP contribution in [0, 0.1) is 13.8 Å². The van der Waals surface area contributed by atoms with E-state index < -0.39 is 0 Å². The van der Waals surface area contributed by atoms with Crippen molar-refractivity contribution >= 4 is 6.29 Å². The zero-order valence-corrected chi connectivity index (χ0v) is 12.3. The average Bonchev–Trinajstić information content (AvgIpc) is 2.60. The van der Waals surface area contributed by atoms with Crippen molar-refractivity contribution in [1.82, 2.24) is 4.57 Å². The molecule has 0 saturated carbocycles. The molecule has 1 aromatic heterocycles. The lowest BCUT2D eigenvalue weighted by molar-refractivity contribution is 0.112. The summed E-state index contributed by atoms with van der Waals surface area (Å²) in [7, 11) is 2.01. The normalized spacial score (nSPS) is 11.1. The Morgan fingerprint density at radius 2 is 1.68 bits per heavy atom. The second-order valence-electron chi connectivity index (χ2n) is 5.43. The van der Waals surface area contributed by atoms with Gasteiger partial charge in [-0.1, -0.05) is 38.1 Å². The molecule has 2 nitrogen and oxygen atoms in total. The average molecular weight is 255 g/mol. The maximum Gasteiger partial charge on any atom is 0.152 e. The van der Waals surface area contributed by atoms with Gasteiger partial charge in [0, 0.05) is 18.3 Å². The van der Waals surface area contributed by atoms with E-state index in [1.807, 2.05) is 20.9 Å². The first-order valence-corrected chi connectivity index (χ1v) is 6.68. The molecular formula is C17H21NO. The van der Waals surface area contributed by atoms with Gasteiger partial charge in [0.05, 0.1) is 5.69 Å². The van der Waals surface area contributed by atoms with E-state index in [4.69, 9.17) is 0 Å². The third-order valence-electron chi connectivity index (χ3n) is 3.96. The topological polar surface area (TPSA) is 22.0 Å². The van der Waals surface area contributed by atoms with Crippen molar-refractivity contribution < 1.29 is 4.79 Å².